The monoisotopic (exact) mass is 753 g/mol. The van der Waals surface area contributed by atoms with Crippen LogP contribution in [0.1, 0.15) is 47.2 Å². The zero-order valence-corrected chi connectivity index (χ0v) is 33.3. The molecule has 1 heteroatoms. The Labute approximate surface area is 347 Å². The summed E-state index contributed by atoms with van der Waals surface area (Å²) in [6.07, 6.45) is 0. The maximum atomic E-state index is 2.45. The second-order valence-electron chi connectivity index (χ2n) is 16.5. The molecule has 9 aromatic carbocycles. The molecule has 0 bridgehead atoms. The largest absolute Gasteiger partial charge is 0.310 e. The Morgan fingerprint density at radius 1 is 0.288 bits per heavy atom. The minimum absolute atomic E-state index is 0.0670. The van der Waals surface area contributed by atoms with Gasteiger partial charge in [0.2, 0.25) is 0 Å². The molecule has 0 heterocycles. The first-order valence-electron chi connectivity index (χ1n) is 20.7. The van der Waals surface area contributed by atoms with E-state index in [0.717, 1.165) is 17.1 Å². The molecule has 0 atom stereocenters. The molecule has 0 amide bonds. The molecule has 0 N–H and O–H groups in total. The van der Waals surface area contributed by atoms with Crippen LogP contribution in [0.3, 0.4) is 0 Å². The van der Waals surface area contributed by atoms with Crippen LogP contribution in [0.4, 0.5) is 17.1 Å². The van der Waals surface area contributed by atoms with Gasteiger partial charge in [0.15, 0.2) is 0 Å². The molecule has 9 aromatic rings. The third-order valence-electron chi connectivity index (χ3n) is 13.0. The molecule has 0 radical (unpaired) electrons. The summed E-state index contributed by atoms with van der Waals surface area (Å²) in [4.78, 5) is 2.45. The van der Waals surface area contributed by atoms with Crippen LogP contribution in [0, 0.1) is 0 Å². The van der Waals surface area contributed by atoms with Crippen LogP contribution in [0.25, 0.3) is 44.5 Å². The summed E-state index contributed by atoms with van der Waals surface area (Å²) in [7, 11) is 0. The molecule has 59 heavy (non-hydrogen) atoms. The number of nitrogens with zero attached hydrogens (tertiary/aromatic N) is 1. The van der Waals surface area contributed by atoms with Crippen molar-refractivity contribution in [1.82, 2.24) is 0 Å². The van der Waals surface area contributed by atoms with E-state index in [1.807, 2.05) is 0 Å². The molecular weight excluding hydrogens is 711 g/mol. The molecule has 11 rings (SSSR count). The SMILES string of the molecule is CC1(C)c2ccccc2-c2cc(N(c3ccc(-c4ccc(-c5ccccc5)cc4)cc3)c3ccc4c(c3)-c3ccccc3C4(c3ccccc3)c3ccccc3)ccc21. The van der Waals surface area contributed by atoms with Crippen molar-refractivity contribution in [3.05, 3.63) is 258 Å². The molecular formula is C58H43N. The van der Waals surface area contributed by atoms with E-state index in [-0.39, 0.29) is 5.41 Å². The molecule has 0 saturated carbocycles. The average Bonchev–Trinajstić information content (AvgIpc) is 3.73. The highest BCUT2D eigenvalue weighted by atomic mass is 15.1. The molecule has 0 aliphatic heterocycles. The summed E-state index contributed by atoms with van der Waals surface area (Å²) >= 11 is 0. The lowest BCUT2D eigenvalue weighted by molar-refractivity contribution is 0.660. The average molecular weight is 754 g/mol. The van der Waals surface area contributed by atoms with Crippen molar-refractivity contribution in [3.63, 3.8) is 0 Å². The summed E-state index contributed by atoms with van der Waals surface area (Å²) in [5, 5.41) is 0. The van der Waals surface area contributed by atoms with E-state index in [1.165, 1.54) is 77.9 Å². The van der Waals surface area contributed by atoms with Crippen LogP contribution >= 0.6 is 0 Å². The molecule has 2 aliphatic rings. The number of hydrogen-bond acceptors (Lipinski definition) is 1. The fourth-order valence-corrected chi connectivity index (χ4v) is 10.2. The van der Waals surface area contributed by atoms with Crippen LogP contribution in [0.15, 0.2) is 224 Å². The lowest BCUT2D eigenvalue weighted by Crippen LogP contribution is -2.28. The summed E-state index contributed by atoms with van der Waals surface area (Å²) in [6, 6.07) is 82.9. The van der Waals surface area contributed by atoms with Crippen LogP contribution in [0.5, 0.6) is 0 Å². The quantitative estimate of drug-likeness (QED) is 0.157. The summed E-state index contributed by atoms with van der Waals surface area (Å²) in [6.45, 7) is 4.70. The Kier molecular flexibility index (Phi) is 8.13. The number of rotatable bonds is 7. The van der Waals surface area contributed by atoms with Crippen molar-refractivity contribution >= 4 is 17.1 Å². The second kappa shape index (κ2) is 13.7. The van der Waals surface area contributed by atoms with Crippen molar-refractivity contribution in [3.8, 4) is 44.5 Å². The Hall–Kier alpha value is -7.22. The van der Waals surface area contributed by atoms with E-state index in [1.54, 1.807) is 0 Å². The van der Waals surface area contributed by atoms with Gasteiger partial charge in [-0.1, -0.05) is 202 Å². The van der Waals surface area contributed by atoms with Gasteiger partial charge in [-0.25, -0.2) is 0 Å². The van der Waals surface area contributed by atoms with Gasteiger partial charge in [0.25, 0.3) is 0 Å². The zero-order valence-electron chi connectivity index (χ0n) is 33.3. The summed E-state index contributed by atoms with van der Waals surface area (Å²) in [5.74, 6) is 0. The van der Waals surface area contributed by atoms with E-state index in [9.17, 15) is 0 Å². The highest BCUT2D eigenvalue weighted by molar-refractivity contribution is 5.92. The zero-order chi connectivity index (χ0) is 39.6. The second-order valence-corrected chi connectivity index (χ2v) is 16.5. The first-order chi connectivity index (χ1) is 29.0. The molecule has 0 fully saturated rings. The van der Waals surface area contributed by atoms with Gasteiger partial charge in [-0.3, -0.25) is 0 Å². The lowest BCUT2D eigenvalue weighted by Gasteiger charge is -2.34. The van der Waals surface area contributed by atoms with Crippen molar-refractivity contribution in [2.45, 2.75) is 24.7 Å². The third-order valence-corrected chi connectivity index (χ3v) is 13.0. The first-order valence-corrected chi connectivity index (χ1v) is 20.7. The van der Waals surface area contributed by atoms with Crippen molar-refractivity contribution < 1.29 is 0 Å². The standard InChI is InChI=1S/C58H43N/c1-57(2)53-24-14-12-22-49(53)51-38-47(34-36-54(51)57)59(46-32-30-43(31-33-46)42-28-26-41(27-29-42)40-16-6-3-7-17-40)48-35-37-56-52(39-48)50-23-13-15-25-55(50)58(56,44-18-8-4-9-19-44)45-20-10-5-11-21-45/h3-39H,1-2H3. The molecule has 2 aliphatic carbocycles. The highest BCUT2D eigenvalue weighted by Crippen LogP contribution is 2.57. The van der Waals surface area contributed by atoms with Gasteiger partial charge >= 0.3 is 0 Å². The van der Waals surface area contributed by atoms with Gasteiger partial charge in [-0.2, -0.15) is 0 Å². The lowest BCUT2D eigenvalue weighted by atomic mass is 9.68. The normalized spacial score (nSPS) is 13.9. The number of anilines is 3. The Bertz CT molecular complexity index is 2940. The Morgan fingerprint density at radius 2 is 0.644 bits per heavy atom. The van der Waals surface area contributed by atoms with E-state index in [0.29, 0.717) is 0 Å². The molecule has 0 saturated heterocycles. The number of hydrogen-bond donors (Lipinski definition) is 0. The maximum Gasteiger partial charge on any atom is 0.0713 e. The van der Waals surface area contributed by atoms with Crippen LogP contribution in [-0.2, 0) is 10.8 Å². The predicted molar refractivity (Wildman–Crippen MR) is 247 cm³/mol. The Morgan fingerprint density at radius 3 is 1.20 bits per heavy atom. The van der Waals surface area contributed by atoms with Gasteiger partial charge in [-0.05, 0) is 114 Å². The minimum atomic E-state index is -0.446. The van der Waals surface area contributed by atoms with Gasteiger partial charge in [0, 0.05) is 22.5 Å². The van der Waals surface area contributed by atoms with E-state index in [4.69, 9.17) is 0 Å². The van der Waals surface area contributed by atoms with Crippen molar-refractivity contribution in [2.75, 3.05) is 4.90 Å². The van der Waals surface area contributed by atoms with Gasteiger partial charge in [0.1, 0.15) is 0 Å². The fraction of sp³-hybridized carbons (Fsp3) is 0.0690. The smallest absolute Gasteiger partial charge is 0.0713 e. The highest BCUT2D eigenvalue weighted by Gasteiger charge is 2.46. The topological polar surface area (TPSA) is 3.24 Å². The fourth-order valence-electron chi connectivity index (χ4n) is 10.2. The number of benzene rings is 9. The van der Waals surface area contributed by atoms with Gasteiger partial charge in [0.05, 0.1) is 5.41 Å². The van der Waals surface area contributed by atoms with E-state index >= 15 is 0 Å². The maximum absolute atomic E-state index is 2.45. The summed E-state index contributed by atoms with van der Waals surface area (Å²) < 4.78 is 0. The molecule has 1 nitrogen and oxygen atoms in total. The Balaban J connectivity index is 1.08. The van der Waals surface area contributed by atoms with E-state index < -0.39 is 5.41 Å². The van der Waals surface area contributed by atoms with E-state index in [2.05, 4.69) is 243 Å². The van der Waals surface area contributed by atoms with Crippen LogP contribution in [-0.4, -0.2) is 0 Å². The van der Waals surface area contributed by atoms with Crippen molar-refractivity contribution in [1.29, 1.82) is 0 Å². The van der Waals surface area contributed by atoms with Gasteiger partial charge in [-0.15, -0.1) is 0 Å². The summed E-state index contributed by atoms with van der Waals surface area (Å²) in [5.41, 5.74) is 20.8. The number of fused-ring (bicyclic) bond motifs is 6. The van der Waals surface area contributed by atoms with Crippen molar-refractivity contribution in [2.24, 2.45) is 0 Å². The van der Waals surface area contributed by atoms with Crippen LogP contribution in [0.2, 0.25) is 0 Å². The molecule has 280 valence electrons. The predicted octanol–water partition coefficient (Wildman–Crippen LogP) is 15.2. The van der Waals surface area contributed by atoms with Crippen LogP contribution < -0.4 is 4.90 Å². The minimum Gasteiger partial charge on any atom is -0.310 e. The third kappa shape index (κ3) is 5.46. The molecule has 0 aromatic heterocycles. The molecule has 0 unspecified atom stereocenters. The first kappa shape index (κ1) is 35.0. The van der Waals surface area contributed by atoms with Gasteiger partial charge < -0.3 is 4.90 Å². The molecule has 0 spiro atoms.